The van der Waals surface area contributed by atoms with Gasteiger partial charge in [0.1, 0.15) is 24.0 Å². The molecule has 3 aromatic rings. The smallest absolute Gasteiger partial charge is 0.227 e. The van der Waals surface area contributed by atoms with Crippen LogP contribution >= 0.6 is 9.24 Å². The van der Waals surface area contributed by atoms with Gasteiger partial charge >= 0.3 is 0 Å². The van der Waals surface area contributed by atoms with Crippen molar-refractivity contribution in [3.63, 3.8) is 0 Å². The van der Waals surface area contributed by atoms with Gasteiger partial charge in [0, 0.05) is 55.8 Å². The van der Waals surface area contributed by atoms with Crippen LogP contribution in [0.2, 0.25) is 0 Å². The molecule has 2 aromatic carbocycles. The number of nitrogens with one attached hydrogen (secondary N) is 1. The number of rotatable bonds is 9. The Bertz CT molecular complexity index is 1110. The van der Waals surface area contributed by atoms with E-state index < -0.39 is 5.82 Å². The first-order chi connectivity index (χ1) is 16.6. The number of aromatic nitrogens is 2. The summed E-state index contributed by atoms with van der Waals surface area (Å²) in [7, 11) is 2.63. The number of nitrogens with zero attached hydrogens (tertiary/aromatic N) is 3. The molecule has 7 nitrogen and oxygen atoms in total. The second kappa shape index (κ2) is 12.0. The summed E-state index contributed by atoms with van der Waals surface area (Å²) in [6.45, 7) is 4.95. The van der Waals surface area contributed by atoms with Gasteiger partial charge in [0.15, 0.2) is 0 Å². The van der Waals surface area contributed by atoms with Crippen molar-refractivity contribution in [2.75, 3.05) is 39.5 Å². The third kappa shape index (κ3) is 7.03. The summed E-state index contributed by atoms with van der Waals surface area (Å²) in [6, 6.07) is 12.6. The van der Waals surface area contributed by atoms with E-state index in [4.69, 9.17) is 9.47 Å². The lowest BCUT2D eigenvalue weighted by molar-refractivity contribution is -0.120. The fourth-order valence-corrected chi connectivity index (χ4v) is 3.96. The zero-order valence-electron chi connectivity index (χ0n) is 18.9. The highest BCUT2D eigenvalue weighted by atomic mass is 31.0. The molecular formula is C25H28FN4O3P. The van der Waals surface area contributed by atoms with Crippen molar-refractivity contribution < 1.29 is 18.7 Å². The predicted octanol–water partition coefficient (Wildman–Crippen LogP) is 2.35. The fraction of sp³-hybridized carbons (Fsp3) is 0.320. The highest BCUT2D eigenvalue weighted by Crippen LogP contribution is 2.25. The summed E-state index contributed by atoms with van der Waals surface area (Å²) in [5, 5.41) is 3.92. The Kier molecular flexibility index (Phi) is 8.52. The lowest BCUT2D eigenvalue weighted by atomic mass is 10.1. The third-order valence-electron chi connectivity index (χ3n) is 5.50. The van der Waals surface area contributed by atoms with Gasteiger partial charge in [-0.15, -0.1) is 9.24 Å². The van der Waals surface area contributed by atoms with Gasteiger partial charge in [0.05, 0.1) is 19.6 Å². The van der Waals surface area contributed by atoms with Gasteiger partial charge in [-0.05, 0) is 23.0 Å². The van der Waals surface area contributed by atoms with Gasteiger partial charge in [-0.1, -0.05) is 24.3 Å². The molecule has 1 atom stereocenters. The molecule has 0 spiro atoms. The van der Waals surface area contributed by atoms with Crippen LogP contribution in [0.15, 0.2) is 54.9 Å². The highest BCUT2D eigenvalue weighted by Gasteiger charge is 2.12. The Hall–Kier alpha value is -2.93. The van der Waals surface area contributed by atoms with E-state index in [2.05, 4.69) is 29.4 Å². The van der Waals surface area contributed by atoms with E-state index >= 15 is 0 Å². The van der Waals surface area contributed by atoms with E-state index in [1.165, 1.54) is 18.5 Å². The molecule has 2 heterocycles. The van der Waals surface area contributed by atoms with Gasteiger partial charge in [-0.25, -0.2) is 14.4 Å². The second-order valence-electron chi connectivity index (χ2n) is 8.03. The Morgan fingerprint density at radius 2 is 1.94 bits per heavy atom. The molecule has 9 heteroatoms. The summed E-state index contributed by atoms with van der Waals surface area (Å²) in [5.74, 6) is 0.279. The number of hydrogen-bond acceptors (Lipinski definition) is 6. The Morgan fingerprint density at radius 3 is 2.68 bits per heavy atom. The first-order valence-electron chi connectivity index (χ1n) is 11.2. The molecule has 1 aromatic heterocycles. The van der Waals surface area contributed by atoms with E-state index in [1.807, 2.05) is 24.3 Å². The minimum absolute atomic E-state index is 0.0548. The van der Waals surface area contributed by atoms with Crippen LogP contribution in [0.5, 0.6) is 5.75 Å². The lowest BCUT2D eigenvalue weighted by Crippen LogP contribution is -2.38. The third-order valence-corrected chi connectivity index (χ3v) is 5.86. The predicted molar refractivity (Wildman–Crippen MR) is 132 cm³/mol. The molecule has 1 aliphatic rings. The lowest BCUT2D eigenvalue weighted by Gasteiger charge is -2.26. The molecular weight excluding hydrogens is 454 g/mol. The number of carbonyl (C=O) groups excluding carboxylic acids is 1. The van der Waals surface area contributed by atoms with E-state index in [0.29, 0.717) is 35.9 Å². The normalized spacial score (nSPS) is 14.1. The van der Waals surface area contributed by atoms with Gasteiger partial charge in [-0.3, -0.25) is 9.69 Å². The zero-order chi connectivity index (χ0) is 23.8. The van der Waals surface area contributed by atoms with Crippen LogP contribution in [0, 0.1) is 5.82 Å². The van der Waals surface area contributed by atoms with Crippen LogP contribution in [0.3, 0.4) is 0 Å². The monoisotopic (exact) mass is 482 g/mol. The summed E-state index contributed by atoms with van der Waals surface area (Å²) in [5.41, 5.74) is 1.94. The molecule has 0 aliphatic carbocycles. The second-order valence-corrected chi connectivity index (χ2v) is 8.70. The molecule has 1 aliphatic heterocycles. The van der Waals surface area contributed by atoms with Crippen LogP contribution in [0.25, 0.3) is 11.1 Å². The largest absolute Gasteiger partial charge is 0.492 e. The van der Waals surface area contributed by atoms with Crippen molar-refractivity contribution in [2.24, 2.45) is 0 Å². The Morgan fingerprint density at radius 1 is 1.15 bits per heavy atom. The van der Waals surface area contributed by atoms with Crippen LogP contribution in [-0.2, 0) is 22.5 Å². The van der Waals surface area contributed by atoms with Crippen LogP contribution in [0.4, 0.5) is 4.39 Å². The average Bonchev–Trinajstić information content (AvgIpc) is 2.84. The SMILES string of the molecule is O=C(Cc1ncc(-c2ccc(OCCN3CCOCC3)cc2F)cn1)NCc1cccc(P)c1. The van der Waals surface area contributed by atoms with E-state index in [9.17, 15) is 9.18 Å². The molecule has 0 bridgehead atoms. The summed E-state index contributed by atoms with van der Waals surface area (Å²) in [6.07, 6.45) is 3.12. The van der Waals surface area contributed by atoms with Crippen LogP contribution in [0.1, 0.15) is 11.4 Å². The van der Waals surface area contributed by atoms with Crippen molar-refractivity contribution in [2.45, 2.75) is 13.0 Å². The molecule has 0 saturated carbocycles. The van der Waals surface area contributed by atoms with Crippen molar-refractivity contribution in [1.29, 1.82) is 0 Å². The van der Waals surface area contributed by atoms with Crippen LogP contribution < -0.4 is 15.4 Å². The molecule has 1 saturated heterocycles. The first kappa shape index (κ1) is 24.2. The van der Waals surface area contributed by atoms with Gasteiger partial charge in [0.25, 0.3) is 0 Å². The zero-order valence-corrected chi connectivity index (χ0v) is 20.0. The standard InChI is InChI=1S/C25H28FN4O3P/c26-23-13-20(33-11-8-30-6-9-32-10-7-30)4-5-22(23)19-16-27-24(28-17-19)14-25(31)29-15-18-2-1-3-21(34)12-18/h1-5,12-13,16-17H,6-11,14-15,34H2,(H,29,31). The van der Waals surface area contributed by atoms with E-state index in [1.54, 1.807) is 12.1 Å². The number of morpholine rings is 1. The van der Waals surface area contributed by atoms with Crippen molar-refractivity contribution in [3.05, 3.63) is 72.1 Å². The molecule has 0 radical (unpaired) electrons. The van der Waals surface area contributed by atoms with Crippen molar-refractivity contribution in [1.82, 2.24) is 20.2 Å². The molecule has 4 rings (SSSR count). The molecule has 178 valence electrons. The number of benzene rings is 2. The number of halogens is 1. The molecule has 34 heavy (non-hydrogen) atoms. The van der Waals surface area contributed by atoms with E-state index in [-0.39, 0.29) is 12.3 Å². The minimum atomic E-state index is -0.408. The topological polar surface area (TPSA) is 76.6 Å². The Labute approximate surface area is 200 Å². The van der Waals surface area contributed by atoms with Crippen molar-refractivity contribution in [3.8, 4) is 16.9 Å². The molecule has 1 fully saturated rings. The number of hydrogen-bond donors (Lipinski definition) is 1. The maximum absolute atomic E-state index is 14.7. The number of ether oxygens (including phenoxy) is 2. The van der Waals surface area contributed by atoms with Gasteiger partial charge < -0.3 is 14.8 Å². The molecule has 1 N–H and O–H groups in total. The number of amides is 1. The first-order valence-corrected chi connectivity index (χ1v) is 11.8. The Balaban J connectivity index is 1.28. The highest BCUT2D eigenvalue weighted by molar-refractivity contribution is 7.27. The summed E-state index contributed by atoms with van der Waals surface area (Å²) >= 11 is 0. The van der Waals surface area contributed by atoms with E-state index in [0.717, 1.165) is 43.7 Å². The average molecular weight is 482 g/mol. The molecule has 1 unspecified atom stereocenters. The quantitative estimate of drug-likeness (QED) is 0.472. The maximum atomic E-state index is 14.7. The summed E-state index contributed by atoms with van der Waals surface area (Å²) in [4.78, 5) is 23.0. The van der Waals surface area contributed by atoms with Gasteiger partial charge in [-0.2, -0.15) is 0 Å². The van der Waals surface area contributed by atoms with Crippen LogP contribution in [-0.4, -0.2) is 60.2 Å². The van der Waals surface area contributed by atoms with Gasteiger partial charge in [0.2, 0.25) is 5.91 Å². The fourth-order valence-electron chi connectivity index (χ4n) is 3.63. The molecule has 1 amide bonds. The summed E-state index contributed by atoms with van der Waals surface area (Å²) < 4.78 is 25.7. The minimum Gasteiger partial charge on any atom is -0.492 e. The maximum Gasteiger partial charge on any atom is 0.227 e. The number of carbonyl (C=O) groups is 1. The van der Waals surface area contributed by atoms with Crippen molar-refractivity contribution >= 4 is 20.5 Å².